The molecule has 0 saturated heterocycles. The van der Waals surface area contributed by atoms with Crippen LogP contribution in [0.4, 0.5) is 11.4 Å². The van der Waals surface area contributed by atoms with Crippen molar-refractivity contribution < 1.29 is 9.59 Å². The standard InChI is InChI=1S/C21H21N3O2S/c1-3-15-12-16-6-4-5-7-19(16)24-21(15)27-13-20(26)23-18-10-8-17(9-11-18)22-14(2)25/h4-12H,3,13H2,1-2H3,(H,22,25)(H,23,26). The second kappa shape index (κ2) is 8.68. The zero-order chi connectivity index (χ0) is 19.2. The number of thioether (sulfide) groups is 1. The van der Waals surface area contributed by atoms with Crippen molar-refractivity contribution in [3.63, 3.8) is 0 Å². The van der Waals surface area contributed by atoms with Crippen LogP contribution >= 0.6 is 11.8 Å². The van der Waals surface area contributed by atoms with Gasteiger partial charge in [0.05, 0.1) is 11.3 Å². The van der Waals surface area contributed by atoms with E-state index in [0.29, 0.717) is 11.4 Å². The first-order chi connectivity index (χ1) is 13.0. The highest BCUT2D eigenvalue weighted by atomic mass is 32.2. The van der Waals surface area contributed by atoms with Gasteiger partial charge < -0.3 is 10.6 Å². The lowest BCUT2D eigenvalue weighted by Crippen LogP contribution is -2.14. The molecule has 2 N–H and O–H groups in total. The van der Waals surface area contributed by atoms with Gasteiger partial charge >= 0.3 is 0 Å². The summed E-state index contributed by atoms with van der Waals surface area (Å²) in [4.78, 5) is 28.0. The Morgan fingerprint density at radius 1 is 1.00 bits per heavy atom. The van der Waals surface area contributed by atoms with Crippen molar-refractivity contribution in [2.45, 2.75) is 25.3 Å². The van der Waals surface area contributed by atoms with Crippen LogP contribution in [0.25, 0.3) is 10.9 Å². The minimum atomic E-state index is -0.127. The molecule has 0 radical (unpaired) electrons. The highest BCUT2D eigenvalue weighted by Gasteiger charge is 2.10. The maximum absolute atomic E-state index is 12.3. The zero-order valence-corrected chi connectivity index (χ0v) is 16.1. The van der Waals surface area contributed by atoms with Crippen LogP contribution in [0, 0.1) is 0 Å². The van der Waals surface area contributed by atoms with E-state index in [1.165, 1.54) is 18.7 Å². The number of amides is 2. The fourth-order valence-corrected chi connectivity index (χ4v) is 3.58. The summed E-state index contributed by atoms with van der Waals surface area (Å²) in [5.41, 5.74) is 3.47. The number of carbonyl (C=O) groups is 2. The minimum Gasteiger partial charge on any atom is -0.326 e. The van der Waals surface area contributed by atoms with Gasteiger partial charge in [0.2, 0.25) is 11.8 Å². The molecule has 0 aliphatic heterocycles. The number of carbonyl (C=O) groups excluding carboxylic acids is 2. The first kappa shape index (κ1) is 18.9. The maximum Gasteiger partial charge on any atom is 0.234 e. The number of hydrogen-bond acceptors (Lipinski definition) is 4. The molecule has 0 unspecified atom stereocenters. The molecule has 0 fully saturated rings. The molecule has 27 heavy (non-hydrogen) atoms. The van der Waals surface area contributed by atoms with Crippen LogP contribution in [0.1, 0.15) is 19.4 Å². The largest absolute Gasteiger partial charge is 0.326 e. The third-order valence-electron chi connectivity index (χ3n) is 3.97. The third kappa shape index (κ3) is 5.08. The maximum atomic E-state index is 12.3. The number of anilines is 2. The van der Waals surface area contributed by atoms with Crippen LogP contribution in [0.3, 0.4) is 0 Å². The Morgan fingerprint density at radius 3 is 2.33 bits per heavy atom. The summed E-state index contributed by atoms with van der Waals surface area (Å²) in [6.07, 6.45) is 0.867. The van der Waals surface area contributed by atoms with E-state index in [4.69, 9.17) is 4.98 Å². The second-order valence-electron chi connectivity index (χ2n) is 6.09. The molecule has 0 aliphatic rings. The lowest BCUT2D eigenvalue weighted by molar-refractivity contribution is -0.114. The van der Waals surface area contributed by atoms with Crippen molar-refractivity contribution in [3.8, 4) is 0 Å². The van der Waals surface area contributed by atoms with Gasteiger partial charge in [-0.25, -0.2) is 4.98 Å². The van der Waals surface area contributed by atoms with Gasteiger partial charge in [-0.1, -0.05) is 36.9 Å². The molecule has 6 heteroatoms. The molecule has 1 aromatic heterocycles. The van der Waals surface area contributed by atoms with Crippen LogP contribution in [0.5, 0.6) is 0 Å². The molecule has 0 bridgehead atoms. The number of fused-ring (bicyclic) bond motifs is 1. The van der Waals surface area contributed by atoms with E-state index < -0.39 is 0 Å². The van der Waals surface area contributed by atoms with E-state index in [1.54, 1.807) is 24.3 Å². The second-order valence-corrected chi connectivity index (χ2v) is 7.06. The van der Waals surface area contributed by atoms with E-state index in [0.717, 1.165) is 27.9 Å². The monoisotopic (exact) mass is 379 g/mol. The number of nitrogens with one attached hydrogen (secondary N) is 2. The van der Waals surface area contributed by atoms with Crippen molar-refractivity contribution in [1.82, 2.24) is 4.98 Å². The van der Waals surface area contributed by atoms with Crippen LogP contribution in [0.15, 0.2) is 59.6 Å². The lowest BCUT2D eigenvalue weighted by Gasteiger charge is -2.10. The van der Waals surface area contributed by atoms with Crippen LogP contribution < -0.4 is 10.6 Å². The molecule has 5 nitrogen and oxygen atoms in total. The summed E-state index contributed by atoms with van der Waals surface area (Å²) in [5.74, 6) is 0.0632. The summed E-state index contributed by atoms with van der Waals surface area (Å²) >= 11 is 1.45. The van der Waals surface area contributed by atoms with Crippen molar-refractivity contribution >= 4 is 45.9 Å². The van der Waals surface area contributed by atoms with Gasteiger partial charge in [-0.3, -0.25) is 9.59 Å². The Labute approximate surface area is 162 Å². The number of aromatic nitrogens is 1. The van der Waals surface area contributed by atoms with Crippen LogP contribution in [0.2, 0.25) is 0 Å². The van der Waals surface area contributed by atoms with Gasteiger partial charge in [-0.05, 0) is 48.4 Å². The molecule has 138 valence electrons. The smallest absolute Gasteiger partial charge is 0.234 e. The summed E-state index contributed by atoms with van der Waals surface area (Å²) in [6, 6.07) is 17.2. The highest BCUT2D eigenvalue weighted by molar-refractivity contribution is 8.00. The first-order valence-corrected chi connectivity index (χ1v) is 9.72. The average molecular weight is 379 g/mol. The van der Waals surface area contributed by atoms with Crippen molar-refractivity contribution in [2.75, 3.05) is 16.4 Å². The molecule has 0 spiro atoms. The fourth-order valence-electron chi connectivity index (χ4n) is 2.69. The Hall–Kier alpha value is -2.86. The topological polar surface area (TPSA) is 71.1 Å². The molecule has 2 amide bonds. The quantitative estimate of drug-likeness (QED) is 0.619. The molecule has 0 saturated carbocycles. The Kier molecular flexibility index (Phi) is 6.08. The van der Waals surface area contributed by atoms with E-state index >= 15 is 0 Å². The molecule has 3 aromatic rings. The van der Waals surface area contributed by atoms with Gasteiger partial charge in [-0.15, -0.1) is 0 Å². The van der Waals surface area contributed by atoms with Crippen molar-refractivity contribution in [3.05, 3.63) is 60.2 Å². The average Bonchev–Trinajstić information content (AvgIpc) is 2.66. The van der Waals surface area contributed by atoms with Gasteiger partial charge in [0.1, 0.15) is 5.03 Å². The Bertz CT molecular complexity index is 971. The molecule has 1 heterocycles. The number of nitrogens with zero attached hydrogens (tertiary/aromatic N) is 1. The zero-order valence-electron chi connectivity index (χ0n) is 15.3. The van der Waals surface area contributed by atoms with Crippen LogP contribution in [-0.2, 0) is 16.0 Å². The normalized spacial score (nSPS) is 10.6. The summed E-state index contributed by atoms with van der Waals surface area (Å²) < 4.78 is 0. The van der Waals surface area contributed by atoms with Gasteiger partial charge in [0.25, 0.3) is 0 Å². The number of benzene rings is 2. The molecular formula is C21H21N3O2S. The SMILES string of the molecule is CCc1cc2ccccc2nc1SCC(=O)Nc1ccc(NC(C)=O)cc1. The summed E-state index contributed by atoms with van der Waals surface area (Å²) in [6.45, 7) is 3.55. The van der Waals surface area contributed by atoms with Crippen molar-refractivity contribution in [1.29, 1.82) is 0 Å². The predicted molar refractivity (Wildman–Crippen MR) is 111 cm³/mol. The number of para-hydroxylation sites is 1. The summed E-state index contributed by atoms with van der Waals surface area (Å²) in [7, 11) is 0. The fraction of sp³-hybridized carbons (Fsp3) is 0.190. The number of hydrogen-bond donors (Lipinski definition) is 2. The van der Waals surface area contributed by atoms with Gasteiger partial charge in [0, 0.05) is 23.7 Å². The third-order valence-corrected chi connectivity index (χ3v) is 5.01. The molecule has 0 atom stereocenters. The number of pyridine rings is 1. The molecule has 2 aromatic carbocycles. The summed E-state index contributed by atoms with van der Waals surface area (Å²) in [5, 5.41) is 7.57. The molecular weight excluding hydrogens is 358 g/mol. The van der Waals surface area contributed by atoms with Gasteiger partial charge in [0.15, 0.2) is 0 Å². The number of aryl methyl sites for hydroxylation is 1. The van der Waals surface area contributed by atoms with Crippen molar-refractivity contribution in [2.24, 2.45) is 0 Å². The lowest BCUT2D eigenvalue weighted by atomic mass is 10.1. The highest BCUT2D eigenvalue weighted by Crippen LogP contribution is 2.25. The molecule has 0 aliphatic carbocycles. The van der Waals surface area contributed by atoms with E-state index in [2.05, 4.69) is 23.6 Å². The number of rotatable bonds is 6. The van der Waals surface area contributed by atoms with E-state index in [1.807, 2.05) is 24.3 Å². The van der Waals surface area contributed by atoms with E-state index in [-0.39, 0.29) is 17.6 Å². The Morgan fingerprint density at radius 2 is 1.67 bits per heavy atom. The Balaban J connectivity index is 1.63. The van der Waals surface area contributed by atoms with Gasteiger partial charge in [-0.2, -0.15) is 0 Å². The minimum absolute atomic E-state index is 0.0933. The molecule has 3 rings (SSSR count). The predicted octanol–water partition coefficient (Wildman–Crippen LogP) is 4.49. The first-order valence-electron chi connectivity index (χ1n) is 8.74. The van der Waals surface area contributed by atoms with Crippen LogP contribution in [-0.4, -0.2) is 22.6 Å². The van der Waals surface area contributed by atoms with E-state index in [9.17, 15) is 9.59 Å².